The highest BCUT2D eigenvalue weighted by Gasteiger charge is 2.37. The molecule has 0 amide bonds. The van der Waals surface area contributed by atoms with Crippen LogP contribution in [0, 0.1) is 0 Å². The second-order valence-corrected chi connectivity index (χ2v) is 17.2. The zero-order valence-electron chi connectivity index (χ0n) is 31.7. The maximum atomic E-state index is 2.58. The first-order chi connectivity index (χ1) is 25.5. The molecule has 0 aliphatic heterocycles. The second kappa shape index (κ2) is 14.4. The molecule has 0 radical (unpaired) electrons. The van der Waals surface area contributed by atoms with Crippen molar-refractivity contribution < 1.29 is 0 Å². The van der Waals surface area contributed by atoms with Crippen LogP contribution >= 0.6 is 0 Å². The van der Waals surface area contributed by atoms with Gasteiger partial charge in [0.15, 0.2) is 0 Å². The van der Waals surface area contributed by atoms with Crippen LogP contribution in [0.25, 0.3) is 22.3 Å². The number of anilines is 3. The van der Waals surface area contributed by atoms with E-state index in [1.54, 1.807) is 5.56 Å². The van der Waals surface area contributed by atoms with E-state index in [2.05, 4.69) is 128 Å². The number of rotatable bonds is 7. The maximum absolute atomic E-state index is 2.58. The highest BCUT2D eigenvalue weighted by atomic mass is 15.1. The van der Waals surface area contributed by atoms with Crippen LogP contribution in [-0.4, -0.2) is 0 Å². The molecule has 4 aliphatic rings. The fourth-order valence-electron chi connectivity index (χ4n) is 10.7. The van der Waals surface area contributed by atoms with E-state index in [0.717, 1.165) is 5.92 Å². The lowest BCUT2D eigenvalue weighted by molar-refractivity contribution is 0.443. The van der Waals surface area contributed by atoms with Gasteiger partial charge in [-0.3, -0.25) is 0 Å². The average molecular weight is 684 g/mol. The van der Waals surface area contributed by atoms with Gasteiger partial charge in [-0.05, 0) is 143 Å². The van der Waals surface area contributed by atoms with Gasteiger partial charge >= 0.3 is 0 Å². The largest absolute Gasteiger partial charge is 0.310 e. The number of nitrogens with zero attached hydrogens (tertiary/aromatic N) is 1. The summed E-state index contributed by atoms with van der Waals surface area (Å²) in [4.78, 5) is 2.51. The molecule has 266 valence electrons. The molecular formula is C51H57N. The minimum atomic E-state index is -0.0471. The summed E-state index contributed by atoms with van der Waals surface area (Å²) in [5.41, 5.74) is 16.8. The van der Waals surface area contributed by atoms with Crippen LogP contribution in [-0.2, 0) is 5.41 Å². The van der Waals surface area contributed by atoms with Crippen molar-refractivity contribution >= 4 is 17.1 Å². The SMILES string of the molecule is CC1(C)c2cc(C3CCCCC3)ccc2-c2ccc(N(c3ccc(-c4ccccc4C4CCCCC4)cc3)c3ccc(C4CCCCC4)cc3)cc21. The molecule has 3 fully saturated rings. The molecule has 5 aromatic carbocycles. The molecule has 52 heavy (non-hydrogen) atoms. The molecule has 0 spiro atoms. The van der Waals surface area contributed by atoms with Crippen LogP contribution in [0.15, 0.2) is 109 Å². The molecule has 0 heterocycles. The molecule has 0 N–H and O–H groups in total. The molecule has 5 aromatic rings. The first-order valence-electron chi connectivity index (χ1n) is 20.9. The molecule has 3 saturated carbocycles. The summed E-state index contributed by atoms with van der Waals surface area (Å²) in [7, 11) is 0. The van der Waals surface area contributed by atoms with Crippen LogP contribution < -0.4 is 4.90 Å². The Morgan fingerprint density at radius 2 is 0.904 bits per heavy atom. The molecule has 0 unspecified atom stereocenters. The van der Waals surface area contributed by atoms with E-state index in [0.29, 0.717) is 11.8 Å². The normalized spacial score (nSPS) is 19.3. The van der Waals surface area contributed by atoms with Crippen LogP contribution in [0.3, 0.4) is 0 Å². The first-order valence-corrected chi connectivity index (χ1v) is 20.9. The highest BCUT2D eigenvalue weighted by Crippen LogP contribution is 2.52. The number of hydrogen-bond acceptors (Lipinski definition) is 1. The third-order valence-electron chi connectivity index (χ3n) is 13.7. The summed E-state index contributed by atoms with van der Waals surface area (Å²) in [5, 5.41) is 0. The fourth-order valence-corrected chi connectivity index (χ4v) is 10.7. The van der Waals surface area contributed by atoms with Gasteiger partial charge in [0.1, 0.15) is 0 Å². The van der Waals surface area contributed by atoms with Gasteiger partial charge in [0.2, 0.25) is 0 Å². The van der Waals surface area contributed by atoms with E-state index in [9.17, 15) is 0 Å². The van der Waals surface area contributed by atoms with Gasteiger partial charge in [-0.25, -0.2) is 0 Å². The molecule has 1 heteroatoms. The fraction of sp³-hybridized carbons (Fsp3) is 0.412. The summed E-state index contributed by atoms with van der Waals surface area (Å²) in [6.07, 6.45) is 20.4. The minimum absolute atomic E-state index is 0.0471. The third kappa shape index (κ3) is 6.33. The van der Waals surface area contributed by atoms with Crippen LogP contribution in [0.4, 0.5) is 17.1 Å². The summed E-state index contributed by atoms with van der Waals surface area (Å²) >= 11 is 0. The van der Waals surface area contributed by atoms with Crippen molar-refractivity contribution in [3.05, 3.63) is 137 Å². The Bertz CT molecular complexity index is 2000. The van der Waals surface area contributed by atoms with Crippen molar-refractivity contribution in [3.8, 4) is 22.3 Å². The Kier molecular flexibility index (Phi) is 9.32. The quantitative estimate of drug-likeness (QED) is 0.165. The molecule has 0 saturated heterocycles. The summed E-state index contributed by atoms with van der Waals surface area (Å²) in [5.74, 6) is 2.11. The summed E-state index contributed by atoms with van der Waals surface area (Å²) in [6, 6.07) is 43.1. The molecule has 1 nitrogen and oxygen atoms in total. The summed E-state index contributed by atoms with van der Waals surface area (Å²) in [6.45, 7) is 4.90. The molecule has 0 bridgehead atoms. The van der Waals surface area contributed by atoms with Gasteiger partial charge < -0.3 is 4.90 Å². The smallest absolute Gasteiger partial charge is 0.0465 e. The Labute approximate surface area is 313 Å². The number of benzene rings is 5. The summed E-state index contributed by atoms with van der Waals surface area (Å²) < 4.78 is 0. The topological polar surface area (TPSA) is 3.24 Å². The molecule has 0 aromatic heterocycles. The van der Waals surface area contributed by atoms with E-state index in [-0.39, 0.29) is 5.41 Å². The Hall–Kier alpha value is -4.10. The monoisotopic (exact) mass is 683 g/mol. The standard InChI is InChI=1S/C51H57N/c1-51(2)49-34-41(37-16-8-4-9-17-37)26-32-47(49)48-33-31-44(35-50(48)51)52(42-27-22-38(23-28-42)36-14-6-3-7-15-36)43-29-24-40(25-30-43)46-21-13-12-20-45(46)39-18-10-5-11-19-39/h12-13,20-37,39H,3-11,14-19H2,1-2H3. The van der Waals surface area contributed by atoms with Crippen LogP contribution in [0.2, 0.25) is 0 Å². The van der Waals surface area contributed by atoms with E-state index in [4.69, 9.17) is 0 Å². The van der Waals surface area contributed by atoms with Crippen molar-refractivity contribution in [1.29, 1.82) is 0 Å². The Balaban J connectivity index is 1.09. The zero-order valence-corrected chi connectivity index (χ0v) is 31.7. The average Bonchev–Trinajstić information content (AvgIpc) is 3.44. The van der Waals surface area contributed by atoms with E-state index < -0.39 is 0 Å². The van der Waals surface area contributed by atoms with Gasteiger partial charge in [-0.2, -0.15) is 0 Å². The third-order valence-corrected chi connectivity index (χ3v) is 13.7. The Morgan fingerprint density at radius 1 is 0.423 bits per heavy atom. The van der Waals surface area contributed by atoms with Gasteiger partial charge in [-0.15, -0.1) is 0 Å². The lowest BCUT2D eigenvalue weighted by Crippen LogP contribution is -2.17. The molecular weight excluding hydrogens is 627 g/mol. The second-order valence-electron chi connectivity index (χ2n) is 17.2. The number of hydrogen-bond donors (Lipinski definition) is 0. The van der Waals surface area contributed by atoms with Crippen molar-refractivity contribution in [3.63, 3.8) is 0 Å². The molecule has 4 aliphatic carbocycles. The first kappa shape index (κ1) is 33.7. The lowest BCUT2D eigenvalue weighted by Gasteiger charge is -2.29. The van der Waals surface area contributed by atoms with Crippen LogP contribution in [0.5, 0.6) is 0 Å². The zero-order chi connectivity index (χ0) is 35.1. The van der Waals surface area contributed by atoms with E-state index in [1.165, 1.54) is 158 Å². The predicted octanol–water partition coefficient (Wildman–Crippen LogP) is 15.3. The van der Waals surface area contributed by atoms with Crippen LogP contribution in [0.1, 0.15) is 156 Å². The lowest BCUT2D eigenvalue weighted by atomic mass is 9.79. The van der Waals surface area contributed by atoms with Gasteiger partial charge in [-0.1, -0.05) is 144 Å². The van der Waals surface area contributed by atoms with Gasteiger partial charge in [0.05, 0.1) is 0 Å². The van der Waals surface area contributed by atoms with E-state index >= 15 is 0 Å². The van der Waals surface area contributed by atoms with Crippen molar-refractivity contribution in [1.82, 2.24) is 0 Å². The van der Waals surface area contributed by atoms with Crippen molar-refractivity contribution in [2.24, 2.45) is 0 Å². The van der Waals surface area contributed by atoms with Crippen molar-refractivity contribution in [2.45, 2.75) is 133 Å². The maximum Gasteiger partial charge on any atom is 0.0465 e. The highest BCUT2D eigenvalue weighted by molar-refractivity contribution is 5.86. The minimum Gasteiger partial charge on any atom is -0.310 e. The Morgan fingerprint density at radius 3 is 1.54 bits per heavy atom. The predicted molar refractivity (Wildman–Crippen MR) is 222 cm³/mol. The molecule has 9 rings (SSSR count). The number of fused-ring (bicyclic) bond motifs is 3. The van der Waals surface area contributed by atoms with E-state index in [1.807, 2.05) is 0 Å². The van der Waals surface area contributed by atoms with Gasteiger partial charge in [0.25, 0.3) is 0 Å². The van der Waals surface area contributed by atoms with Gasteiger partial charge in [0, 0.05) is 22.5 Å². The van der Waals surface area contributed by atoms with Crippen molar-refractivity contribution in [2.75, 3.05) is 4.90 Å². The molecule has 0 atom stereocenters.